The van der Waals surface area contributed by atoms with E-state index in [1.54, 1.807) is 6.08 Å². The topological polar surface area (TPSA) is 228 Å². The van der Waals surface area contributed by atoms with Crippen molar-refractivity contribution in [1.29, 1.82) is 0 Å². The molecule has 0 radical (unpaired) electrons. The number of allylic oxidation sites excluding steroid dienone is 13. The first-order chi connectivity index (χ1) is 38.1. The molecule has 0 spiro atoms. The zero-order valence-corrected chi connectivity index (χ0v) is 48.4. The highest BCUT2D eigenvalue weighted by atomic mass is 16.7. The van der Waals surface area contributed by atoms with Crippen molar-refractivity contribution in [3.8, 4) is 0 Å². The van der Waals surface area contributed by atoms with Crippen molar-refractivity contribution in [3.05, 3.63) is 85.1 Å². The van der Waals surface area contributed by atoms with Gasteiger partial charge in [0.05, 0.1) is 32.0 Å². The number of hydrogen-bond acceptors (Lipinski definition) is 13. The zero-order chi connectivity index (χ0) is 56.7. The number of carbonyl (C=O) groups is 1. The van der Waals surface area contributed by atoms with Gasteiger partial charge in [-0.2, -0.15) is 0 Å². The number of hydrogen-bond donors (Lipinski definition) is 9. The lowest BCUT2D eigenvalue weighted by atomic mass is 9.97. The van der Waals surface area contributed by atoms with Crippen LogP contribution in [0.15, 0.2) is 85.1 Å². The number of nitrogens with one attached hydrogen (secondary N) is 1. The second kappa shape index (κ2) is 48.8. The van der Waals surface area contributed by atoms with Gasteiger partial charge < -0.3 is 65.1 Å². The molecule has 2 rings (SSSR count). The molecule has 0 aliphatic carbocycles. The van der Waals surface area contributed by atoms with Gasteiger partial charge in [-0.3, -0.25) is 4.79 Å². The Morgan fingerprint density at radius 1 is 0.474 bits per heavy atom. The first-order valence-corrected chi connectivity index (χ1v) is 30.8. The fourth-order valence-corrected chi connectivity index (χ4v) is 9.65. The summed E-state index contributed by atoms with van der Waals surface area (Å²) in [6, 6.07) is -0.919. The van der Waals surface area contributed by atoms with Gasteiger partial charge in [0, 0.05) is 6.42 Å². The van der Waals surface area contributed by atoms with E-state index in [4.69, 9.17) is 18.9 Å². The summed E-state index contributed by atoms with van der Waals surface area (Å²) in [5.41, 5.74) is 0. The summed E-state index contributed by atoms with van der Waals surface area (Å²) in [5, 5.41) is 87.0. The normalized spacial score (nSPS) is 25.2. The number of ether oxygens (including phenoxy) is 4. The summed E-state index contributed by atoms with van der Waals surface area (Å²) in [7, 11) is 0. The molecule has 2 fully saturated rings. The van der Waals surface area contributed by atoms with Crippen molar-refractivity contribution >= 4 is 5.91 Å². The highest BCUT2D eigenvalue weighted by Crippen LogP contribution is 2.30. The molecular weight excluding hydrogens is 991 g/mol. The van der Waals surface area contributed by atoms with Crippen LogP contribution in [0.25, 0.3) is 0 Å². The molecule has 12 atom stereocenters. The summed E-state index contributed by atoms with van der Waals surface area (Å²) >= 11 is 0. The van der Waals surface area contributed by atoms with E-state index in [1.807, 2.05) is 6.08 Å². The lowest BCUT2D eigenvalue weighted by Gasteiger charge is -2.46. The van der Waals surface area contributed by atoms with Crippen molar-refractivity contribution in [1.82, 2.24) is 5.32 Å². The number of rotatable bonds is 48. The van der Waals surface area contributed by atoms with Crippen LogP contribution >= 0.6 is 0 Å². The molecule has 0 bridgehead atoms. The average Bonchev–Trinajstić information content (AvgIpc) is 3.47. The van der Waals surface area contributed by atoms with Gasteiger partial charge in [0.1, 0.15) is 48.8 Å². The molecule has 0 aromatic carbocycles. The van der Waals surface area contributed by atoms with E-state index in [9.17, 15) is 45.6 Å². The Hall–Kier alpha value is -2.83. The first-order valence-electron chi connectivity index (χ1n) is 30.8. The Labute approximate surface area is 471 Å². The fraction of sp³-hybridized carbons (Fsp3) is 0.766. The number of amides is 1. The highest BCUT2D eigenvalue weighted by Gasteiger charge is 2.51. The Morgan fingerprint density at radius 3 is 1.36 bits per heavy atom. The van der Waals surface area contributed by atoms with Crippen molar-refractivity contribution in [2.24, 2.45) is 0 Å². The maximum atomic E-state index is 13.3. The maximum Gasteiger partial charge on any atom is 0.220 e. The van der Waals surface area contributed by atoms with Crippen molar-refractivity contribution in [2.45, 2.75) is 293 Å². The fourth-order valence-electron chi connectivity index (χ4n) is 9.65. The second-order valence-electron chi connectivity index (χ2n) is 21.5. The first kappa shape index (κ1) is 71.3. The molecule has 0 saturated carbocycles. The average molecular weight is 1100 g/mol. The summed E-state index contributed by atoms with van der Waals surface area (Å²) in [5.74, 6) is -0.245. The molecule has 2 saturated heterocycles. The Morgan fingerprint density at radius 2 is 0.885 bits per heavy atom. The summed E-state index contributed by atoms with van der Waals surface area (Å²) in [4.78, 5) is 13.3. The second-order valence-corrected chi connectivity index (χ2v) is 21.5. The van der Waals surface area contributed by atoms with Crippen LogP contribution in [-0.2, 0) is 23.7 Å². The van der Waals surface area contributed by atoms with Crippen LogP contribution in [0.2, 0.25) is 0 Å². The lowest BCUT2D eigenvalue weighted by Crippen LogP contribution is -2.65. The highest BCUT2D eigenvalue weighted by molar-refractivity contribution is 5.76. The quantitative estimate of drug-likeness (QED) is 0.0204. The molecule has 9 N–H and O–H groups in total. The summed E-state index contributed by atoms with van der Waals surface area (Å²) in [6.45, 7) is 2.67. The molecule has 14 nitrogen and oxygen atoms in total. The van der Waals surface area contributed by atoms with E-state index >= 15 is 0 Å². The molecule has 12 unspecified atom stereocenters. The number of unbranched alkanes of at least 4 members (excludes halogenated alkanes) is 23. The molecule has 78 heavy (non-hydrogen) atoms. The van der Waals surface area contributed by atoms with Gasteiger partial charge >= 0.3 is 0 Å². The number of carbonyl (C=O) groups excluding carboxylic acids is 1. The molecule has 14 heteroatoms. The van der Waals surface area contributed by atoms with Gasteiger partial charge in [-0.25, -0.2) is 0 Å². The van der Waals surface area contributed by atoms with Crippen LogP contribution in [0.4, 0.5) is 0 Å². The van der Waals surface area contributed by atoms with Gasteiger partial charge in [-0.05, 0) is 70.6 Å². The van der Waals surface area contributed by atoms with Gasteiger partial charge in [-0.1, -0.05) is 227 Å². The largest absolute Gasteiger partial charge is 0.394 e. The molecule has 0 aromatic rings. The van der Waals surface area contributed by atoms with Crippen LogP contribution in [0.1, 0.15) is 219 Å². The Balaban J connectivity index is 1.68. The predicted octanol–water partition coefficient (Wildman–Crippen LogP) is 10.9. The third-order valence-corrected chi connectivity index (χ3v) is 14.6. The number of aliphatic hydroxyl groups is 8. The maximum absolute atomic E-state index is 13.3. The summed E-state index contributed by atoms with van der Waals surface area (Å²) < 4.78 is 22.8. The Bertz CT molecular complexity index is 1630. The third kappa shape index (κ3) is 33.8. The monoisotopic (exact) mass is 1100 g/mol. The minimum atomic E-state index is -1.79. The van der Waals surface area contributed by atoms with Crippen molar-refractivity contribution in [2.75, 3.05) is 19.8 Å². The van der Waals surface area contributed by atoms with Gasteiger partial charge in [0.25, 0.3) is 0 Å². The smallest absolute Gasteiger partial charge is 0.220 e. The molecular formula is C64H111NO13. The molecule has 450 valence electrons. The minimum absolute atomic E-state index is 0.245. The third-order valence-electron chi connectivity index (χ3n) is 14.6. The number of aliphatic hydroxyl groups excluding tert-OH is 8. The lowest BCUT2D eigenvalue weighted by molar-refractivity contribution is -0.359. The van der Waals surface area contributed by atoms with Crippen LogP contribution in [-0.4, -0.2) is 140 Å². The van der Waals surface area contributed by atoms with E-state index in [2.05, 4.69) is 92.1 Å². The van der Waals surface area contributed by atoms with Crippen molar-refractivity contribution in [3.63, 3.8) is 0 Å². The van der Waals surface area contributed by atoms with E-state index in [-0.39, 0.29) is 18.9 Å². The van der Waals surface area contributed by atoms with E-state index < -0.39 is 86.8 Å². The molecule has 1 amide bonds. The zero-order valence-electron chi connectivity index (χ0n) is 48.4. The van der Waals surface area contributed by atoms with E-state index in [0.29, 0.717) is 6.42 Å². The van der Waals surface area contributed by atoms with Gasteiger partial charge in [-0.15, -0.1) is 0 Å². The van der Waals surface area contributed by atoms with Gasteiger partial charge in [0.2, 0.25) is 5.91 Å². The van der Waals surface area contributed by atoms with Crippen LogP contribution in [0.3, 0.4) is 0 Å². The Kier molecular flexibility index (Phi) is 44.6. The van der Waals surface area contributed by atoms with Crippen LogP contribution in [0.5, 0.6) is 0 Å². The van der Waals surface area contributed by atoms with E-state index in [1.165, 1.54) is 109 Å². The molecule has 0 aromatic heterocycles. The molecule has 2 aliphatic rings. The van der Waals surface area contributed by atoms with Crippen LogP contribution in [0, 0.1) is 0 Å². The van der Waals surface area contributed by atoms with Crippen LogP contribution < -0.4 is 5.32 Å². The standard InChI is InChI=1S/C64H111NO13/c1-3-5-7-9-11-13-15-17-18-19-20-21-22-23-24-25-26-27-28-29-30-31-32-33-34-36-38-40-42-44-46-48-56(69)65-52(53(68)47-45-43-41-39-37-35-16-14-12-10-8-6-4-2)51-75-63-61(74)59(72)62(55(50-67)77-63)78-64-60(73)58(71)57(70)54(49-66)76-64/h5,7,11,13,17-18,20-21,23-24,26-27,45,47,52-55,57-64,66-68,70-74H,3-4,6,8-10,12,14-16,19,22,25,28-44,46,48-51H2,1-2H3,(H,65,69)/b7-5-,13-11-,18-17-,21-20-,24-23-,27-26-,47-45+. The SMILES string of the molecule is CC/C=C\C/C=C\C/C=C\C/C=C\C/C=C\C/C=C\CCCCCCCCCCCCCCC(=O)NC(COC1OC(CO)C(OC2OC(CO)C(O)C(O)C2O)C(O)C1O)C(O)/C=C/CCCCCCCCCCCCC. The minimum Gasteiger partial charge on any atom is -0.394 e. The van der Waals surface area contributed by atoms with Gasteiger partial charge in [0.15, 0.2) is 12.6 Å². The summed E-state index contributed by atoms with van der Waals surface area (Å²) in [6.07, 6.45) is 49.1. The van der Waals surface area contributed by atoms with E-state index in [0.717, 1.165) is 83.5 Å². The van der Waals surface area contributed by atoms with Crippen molar-refractivity contribution < 1.29 is 64.6 Å². The predicted molar refractivity (Wildman–Crippen MR) is 313 cm³/mol. The molecule has 2 heterocycles. The molecule has 2 aliphatic heterocycles.